The lowest BCUT2D eigenvalue weighted by molar-refractivity contribution is -0.393. The predicted octanol–water partition coefficient (Wildman–Crippen LogP) is 0.815. The second kappa shape index (κ2) is 16.8. The van der Waals surface area contributed by atoms with E-state index in [1.807, 2.05) is 0 Å². The molecule has 16 nitrogen and oxygen atoms in total. The molecule has 348 valence electrons. The first-order valence-electron chi connectivity index (χ1n) is 23.3. The van der Waals surface area contributed by atoms with Crippen LogP contribution in [0.15, 0.2) is 11.6 Å². The van der Waals surface area contributed by atoms with Gasteiger partial charge in [-0.15, -0.1) is 0 Å². The number of fused-ring (bicyclic) bond motifs is 7. The second-order valence-corrected chi connectivity index (χ2v) is 21.2. The van der Waals surface area contributed by atoms with Crippen molar-refractivity contribution in [1.82, 2.24) is 5.32 Å². The van der Waals surface area contributed by atoms with Gasteiger partial charge >= 0.3 is 0 Å². The van der Waals surface area contributed by atoms with Crippen molar-refractivity contribution in [1.29, 1.82) is 0 Å². The average Bonchev–Trinajstić information content (AvgIpc) is 3.69. The largest absolute Gasteiger partial charge is 0.394 e. The van der Waals surface area contributed by atoms with Crippen molar-refractivity contribution in [2.45, 2.75) is 209 Å². The molecule has 22 unspecified atom stereocenters. The lowest BCUT2D eigenvalue weighted by Crippen LogP contribution is -2.67. The van der Waals surface area contributed by atoms with Crippen molar-refractivity contribution >= 4 is 0 Å². The first kappa shape index (κ1) is 45.3. The van der Waals surface area contributed by atoms with Gasteiger partial charge in [-0.2, -0.15) is 0 Å². The van der Waals surface area contributed by atoms with Crippen LogP contribution in [0.5, 0.6) is 0 Å². The summed E-state index contributed by atoms with van der Waals surface area (Å²) in [6.45, 7) is 13.2. The number of allylic oxidation sites excluding steroid dienone is 1. The Morgan fingerprint density at radius 3 is 1.98 bits per heavy atom. The average molecular weight is 868 g/mol. The summed E-state index contributed by atoms with van der Waals surface area (Å²) in [6, 6.07) is 0. The summed E-state index contributed by atoms with van der Waals surface area (Å²) in [5, 5.41) is 89.7. The number of hydrogen-bond donors (Lipinski definition) is 9. The van der Waals surface area contributed by atoms with Crippen molar-refractivity contribution in [3.63, 3.8) is 0 Å². The van der Waals surface area contributed by atoms with Gasteiger partial charge in [-0.05, 0) is 112 Å². The summed E-state index contributed by atoms with van der Waals surface area (Å²) >= 11 is 0. The Morgan fingerprint density at radius 2 is 1.36 bits per heavy atom. The maximum absolute atomic E-state index is 11.6. The Morgan fingerprint density at radius 1 is 0.705 bits per heavy atom. The van der Waals surface area contributed by atoms with Gasteiger partial charge in [0.15, 0.2) is 18.9 Å². The van der Waals surface area contributed by atoms with Crippen molar-refractivity contribution < 1.29 is 74.0 Å². The normalized spacial score (nSPS) is 58.4. The Labute approximate surface area is 359 Å². The van der Waals surface area contributed by atoms with E-state index < -0.39 is 98.7 Å². The Bertz CT molecular complexity index is 1600. The molecule has 0 aromatic heterocycles. The third-order valence-electron chi connectivity index (χ3n) is 17.9. The van der Waals surface area contributed by atoms with E-state index in [4.69, 9.17) is 33.2 Å². The molecule has 8 fully saturated rings. The van der Waals surface area contributed by atoms with E-state index in [-0.39, 0.29) is 28.8 Å². The highest BCUT2D eigenvalue weighted by atomic mass is 16.8. The molecular formula is C45H73NO15. The number of hydrogen-bond acceptors (Lipinski definition) is 16. The molecule has 5 heterocycles. The number of piperidine rings is 1. The highest BCUT2D eigenvalue weighted by molar-refractivity contribution is 5.26. The van der Waals surface area contributed by atoms with Crippen LogP contribution in [-0.2, 0) is 33.2 Å². The van der Waals surface area contributed by atoms with Gasteiger partial charge in [0.2, 0.25) is 0 Å². The van der Waals surface area contributed by atoms with Crippen molar-refractivity contribution in [2.24, 2.45) is 46.3 Å². The van der Waals surface area contributed by atoms with Gasteiger partial charge in [0.25, 0.3) is 0 Å². The molecule has 0 aromatic rings. The number of aliphatic hydroxyl groups excluding tert-OH is 8. The molecule has 0 radical (unpaired) electrons. The summed E-state index contributed by atoms with van der Waals surface area (Å²) in [6.07, 6.45) is -10.2. The highest BCUT2D eigenvalue weighted by Crippen LogP contribution is 2.70. The summed E-state index contributed by atoms with van der Waals surface area (Å²) < 4.78 is 44.1. The minimum atomic E-state index is -1.73. The van der Waals surface area contributed by atoms with Crippen LogP contribution in [0.3, 0.4) is 0 Å². The zero-order chi connectivity index (χ0) is 43.5. The van der Waals surface area contributed by atoms with Gasteiger partial charge in [-0.1, -0.05) is 39.3 Å². The van der Waals surface area contributed by atoms with Crippen LogP contribution in [-0.4, -0.2) is 164 Å². The fourth-order valence-electron chi connectivity index (χ4n) is 14.1. The Kier molecular flexibility index (Phi) is 12.4. The fourth-order valence-corrected chi connectivity index (χ4v) is 14.1. The molecule has 5 saturated heterocycles. The zero-order valence-corrected chi connectivity index (χ0v) is 36.6. The van der Waals surface area contributed by atoms with Crippen LogP contribution in [0.2, 0.25) is 0 Å². The fraction of sp³-hybridized carbons (Fsp3) is 0.956. The molecule has 9 aliphatic rings. The van der Waals surface area contributed by atoms with E-state index in [9.17, 15) is 40.9 Å². The summed E-state index contributed by atoms with van der Waals surface area (Å²) in [5.74, 6) is 3.40. The molecule has 4 aliphatic carbocycles. The standard InChI is InChI=1S/C45H73NO15/c1-19-9-14-45(46-17-19)20(2)30-28(61-45)16-27-25-8-7-23-15-24(10-12-43(23,5)26(25)11-13-44(27,30)6)57-42-39(60-41-37(54)35(52)32(49)22(4)56-41)38(33(50)29(18-47)58-42)59-40-36(53)34(51)31(48)21(3)55-40/h7,19-22,24-42,46-54H,8-18H2,1-6H3/t19?,20-,21?,22?,24-,25?,26?,27?,28?,29?,30?,31?,32?,33?,34?,35?,36?,37?,38?,39?,40?,41?,42?,43-,44-,45?/m0/s1. The van der Waals surface area contributed by atoms with E-state index in [1.165, 1.54) is 38.7 Å². The van der Waals surface area contributed by atoms with E-state index in [0.29, 0.717) is 48.3 Å². The molecule has 16 heteroatoms. The molecule has 0 aromatic carbocycles. The molecule has 9 N–H and O–H groups in total. The number of rotatable bonds is 7. The molecule has 3 saturated carbocycles. The topological polar surface area (TPSA) is 238 Å². The SMILES string of the molecule is CC1CCC2(NC1)OC1CC3C4CC=C5C[C@@H](OC6OC(CO)C(O)C(OC7OC(C)C(O)C(O)C7O)C6OC6OC(C)C(O)C(O)C6O)CC[C@]5(C)C4CC[C@]3(C)C1[C@@H]2C. The zero-order valence-electron chi connectivity index (χ0n) is 36.6. The number of nitrogens with one attached hydrogen (secondary N) is 1. The van der Waals surface area contributed by atoms with Crippen molar-refractivity contribution in [2.75, 3.05) is 13.2 Å². The van der Waals surface area contributed by atoms with Gasteiger partial charge in [0.05, 0.1) is 31.0 Å². The summed E-state index contributed by atoms with van der Waals surface area (Å²) in [5.41, 5.74) is 1.38. The molecule has 0 bridgehead atoms. The number of aliphatic hydroxyl groups is 8. The maximum atomic E-state index is 11.6. The van der Waals surface area contributed by atoms with Gasteiger partial charge in [-0.3, -0.25) is 5.32 Å². The first-order valence-corrected chi connectivity index (χ1v) is 23.3. The third kappa shape index (κ3) is 7.42. The van der Waals surface area contributed by atoms with Crippen LogP contribution in [0.1, 0.15) is 99.3 Å². The molecule has 61 heavy (non-hydrogen) atoms. The van der Waals surface area contributed by atoms with Gasteiger partial charge in [-0.25, -0.2) is 0 Å². The molecule has 26 atom stereocenters. The minimum absolute atomic E-state index is 0.0148. The highest BCUT2D eigenvalue weighted by Gasteiger charge is 2.68. The first-order chi connectivity index (χ1) is 28.9. The Hall–Kier alpha value is -0.900. The van der Waals surface area contributed by atoms with Gasteiger partial charge < -0.3 is 74.0 Å². The minimum Gasteiger partial charge on any atom is -0.394 e. The van der Waals surface area contributed by atoms with E-state index in [2.05, 4.69) is 39.1 Å². The molecule has 9 rings (SSSR count). The van der Waals surface area contributed by atoms with Crippen LogP contribution in [0, 0.1) is 46.3 Å². The second-order valence-electron chi connectivity index (χ2n) is 21.2. The molecular weight excluding hydrogens is 794 g/mol. The van der Waals surface area contributed by atoms with Gasteiger partial charge in [0.1, 0.15) is 66.8 Å². The van der Waals surface area contributed by atoms with Crippen molar-refractivity contribution in [3.05, 3.63) is 11.6 Å². The van der Waals surface area contributed by atoms with E-state index in [1.54, 1.807) is 0 Å². The molecule has 0 amide bonds. The summed E-state index contributed by atoms with van der Waals surface area (Å²) in [4.78, 5) is 0. The lowest BCUT2D eigenvalue weighted by atomic mass is 9.47. The maximum Gasteiger partial charge on any atom is 0.187 e. The lowest BCUT2D eigenvalue weighted by Gasteiger charge is -2.59. The third-order valence-corrected chi connectivity index (χ3v) is 17.9. The predicted molar refractivity (Wildman–Crippen MR) is 215 cm³/mol. The van der Waals surface area contributed by atoms with E-state index in [0.717, 1.165) is 32.2 Å². The van der Waals surface area contributed by atoms with Crippen molar-refractivity contribution in [3.8, 4) is 0 Å². The van der Waals surface area contributed by atoms with Crippen LogP contribution >= 0.6 is 0 Å². The van der Waals surface area contributed by atoms with Crippen LogP contribution in [0.4, 0.5) is 0 Å². The van der Waals surface area contributed by atoms with Crippen LogP contribution in [0.25, 0.3) is 0 Å². The Balaban J connectivity index is 0.937. The number of ether oxygens (including phenoxy) is 7. The summed E-state index contributed by atoms with van der Waals surface area (Å²) in [7, 11) is 0. The smallest absolute Gasteiger partial charge is 0.187 e. The van der Waals surface area contributed by atoms with Gasteiger partial charge in [0, 0.05) is 12.5 Å². The quantitative estimate of drug-likeness (QED) is 0.161. The monoisotopic (exact) mass is 867 g/mol. The molecule has 1 spiro atoms. The van der Waals surface area contributed by atoms with Crippen LogP contribution < -0.4 is 5.32 Å². The van der Waals surface area contributed by atoms with E-state index >= 15 is 0 Å². The molecule has 5 aliphatic heterocycles.